The Morgan fingerprint density at radius 2 is 1.25 bits per heavy atom. The van der Waals surface area contributed by atoms with E-state index in [1.165, 1.54) is 24.0 Å². The molecule has 0 atom stereocenters. The van der Waals surface area contributed by atoms with Crippen LogP contribution in [0.4, 0.5) is 0 Å². The summed E-state index contributed by atoms with van der Waals surface area (Å²) in [7, 11) is 0. The van der Waals surface area contributed by atoms with Crippen LogP contribution in [-0.2, 0) is 13.1 Å². The first-order chi connectivity index (χ1) is 11.7. The second kappa shape index (κ2) is 13.0. The predicted molar refractivity (Wildman–Crippen MR) is 111 cm³/mol. The Labute approximate surface area is 157 Å². The molecule has 1 aromatic rings. The number of benzene rings is 1. The Balaban J connectivity index is 2.32. The summed E-state index contributed by atoms with van der Waals surface area (Å²) in [4.78, 5) is 0. The number of thiocarbonyl (C=S) groups is 2. The van der Waals surface area contributed by atoms with Gasteiger partial charge in [0.25, 0.3) is 0 Å². The van der Waals surface area contributed by atoms with Crippen molar-refractivity contribution in [2.45, 2.75) is 52.6 Å². The molecule has 4 nitrogen and oxygen atoms in total. The van der Waals surface area contributed by atoms with Crippen LogP contribution in [0.1, 0.15) is 50.7 Å². The molecule has 0 aromatic heterocycles. The Bertz CT molecular complexity index is 464. The zero-order valence-corrected chi connectivity index (χ0v) is 16.4. The maximum Gasteiger partial charge on any atom is 0.166 e. The smallest absolute Gasteiger partial charge is 0.166 e. The first-order valence-electron chi connectivity index (χ1n) is 8.77. The zero-order valence-electron chi connectivity index (χ0n) is 14.8. The van der Waals surface area contributed by atoms with Gasteiger partial charge in [-0.25, -0.2) is 0 Å². The van der Waals surface area contributed by atoms with E-state index >= 15 is 0 Å². The van der Waals surface area contributed by atoms with Gasteiger partial charge >= 0.3 is 0 Å². The highest BCUT2D eigenvalue weighted by molar-refractivity contribution is 7.80. The molecule has 0 aliphatic rings. The molecule has 6 heteroatoms. The third-order valence-electron chi connectivity index (χ3n) is 3.53. The summed E-state index contributed by atoms with van der Waals surface area (Å²) in [6.45, 7) is 7.64. The van der Waals surface area contributed by atoms with Gasteiger partial charge in [-0.15, -0.1) is 0 Å². The number of unbranched alkanes of at least 4 members (excludes halogenated alkanes) is 2. The molecule has 1 aromatic carbocycles. The predicted octanol–water partition coefficient (Wildman–Crippen LogP) is 3.22. The Morgan fingerprint density at radius 3 is 1.67 bits per heavy atom. The van der Waals surface area contributed by atoms with Crippen molar-refractivity contribution >= 4 is 34.7 Å². The van der Waals surface area contributed by atoms with Crippen LogP contribution in [0.15, 0.2) is 24.3 Å². The van der Waals surface area contributed by atoms with Gasteiger partial charge in [0.2, 0.25) is 0 Å². The van der Waals surface area contributed by atoms with Crippen LogP contribution in [0.5, 0.6) is 0 Å². The number of rotatable bonds is 10. The third kappa shape index (κ3) is 9.67. The highest BCUT2D eigenvalue weighted by Crippen LogP contribution is 2.05. The van der Waals surface area contributed by atoms with E-state index in [0.29, 0.717) is 10.2 Å². The number of hydrogen-bond acceptors (Lipinski definition) is 2. The molecule has 24 heavy (non-hydrogen) atoms. The highest BCUT2D eigenvalue weighted by Gasteiger charge is 2.00. The molecule has 0 saturated heterocycles. The summed E-state index contributed by atoms with van der Waals surface area (Å²) >= 11 is 10.6. The molecular formula is C18H30N4S2. The lowest BCUT2D eigenvalue weighted by Crippen LogP contribution is -2.35. The van der Waals surface area contributed by atoms with E-state index in [0.717, 1.165) is 39.0 Å². The number of nitrogens with one attached hydrogen (secondary N) is 4. The monoisotopic (exact) mass is 366 g/mol. The van der Waals surface area contributed by atoms with Gasteiger partial charge in [0.05, 0.1) is 0 Å². The quantitative estimate of drug-likeness (QED) is 0.377. The second-order valence-corrected chi connectivity index (χ2v) is 6.56. The van der Waals surface area contributed by atoms with E-state index in [1.54, 1.807) is 0 Å². The fourth-order valence-corrected chi connectivity index (χ4v) is 2.45. The number of hydrogen-bond donors (Lipinski definition) is 4. The van der Waals surface area contributed by atoms with Gasteiger partial charge in [-0.3, -0.25) is 0 Å². The molecule has 1 rings (SSSR count). The molecule has 134 valence electrons. The summed E-state index contributed by atoms with van der Waals surface area (Å²) < 4.78 is 0. The molecule has 0 fully saturated rings. The molecule has 0 spiro atoms. The summed E-state index contributed by atoms with van der Waals surface area (Å²) in [5, 5.41) is 14.4. The van der Waals surface area contributed by atoms with Gasteiger partial charge in [0, 0.05) is 26.2 Å². The molecule has 0 bridgehead atoms. The van der Waals surface area contributed by atoms with Gasteiger partial charge in [-0.05, 0) is 48.4 Å². The van der Waals surface area contributed by atoms with Crippen LogP contribution in [0, 0.1) is 0 Å². The largest absolute Gasteiger partial charge is 0.363 e. The van der Waals surface area contributed by atoms with Gasteiger partial charge in [0.1, 0.15) is 0 Å². The first-order valence-corrected chi connectivity index (χ1v) is 9.58. The van der Waals surface area contributed by atoms with Gasteiger partial charge in [-0.1, -0.05) is 51.0 Å². The summed E-state index contributed by atoms with van der Waals surface area (Å²) in [5.74, 6) is 0. The minimum atomic E-state index is 0.716. The zero-order chi connectivity index (χ0) is 17.6. The lowest BCUT2D eigenvalue weighted by atomic mass is 10.1. The lowest BCUT2D eigenvalue weighted by molar-refractivity contribution is 0.736. The van der Waals surface area contributed by atoms with Crippen LogP contribution >= 0.6 is 24.4 Å². The van der Waals surface area contributed by atoms with Crippen molar-refractivity contribution in [3.8, 4) is 0 Å². The van der Waals surface area contributed by atoms with Crippen molar-refractivity contribution in [1.82, 2.24) is 21.3 Å². The van der Waals surface area contributed by atoms with Crippen molar-refractivity contribution in [2.24, 2.45) is 0 Å². The minimum absolute atomic E-state index is 0.716. The van der Waals surface area contributed by atoms with Crippen molar-refractivity contribution in [2.75, 3.05) is 13.1 Å². The molecule has 0 amide bonds. The molecular weight excluding hydrogens is 336 g/mol. The normalized spacial score (nSPS) is 10.1. The standard InChI is InChI=1S/C18H30N4S2/c1-3-5-10-19-17(23)21-13-15-8-7-9-16(12-15)14-22-18(24)20-11-6-4-2/h7-9,12H,3-6,10-11,13-14H2,1-2H3,(H2,19,21,23)(H2,20,22,24). The third-order valence-corrected chi connectivity index (χ3v) is 4.11. The average Bonchev–Trinajstić information content (AvgIpc) is 2.59. The molecule has 0 heterocycles. The van der Waals surface area contributed by atoms with Gasteiger partial charge in [-0.2, -0.15) is 0 Å². The average molecular weight is 367 g/mol. The first kappa shape index (κ1) is 20.6. The van der Waals surface area contributed by atoms with E-state index < -0.39 is 0 Å². The van der Waals surface area contributed by atoms with Crippen molar-refractivity contribution in [3.05, 3.63) is 35.4 Å². The summed E-state index contributed by atoms with van der Waals surface area (Å²) in [6.07, 6.45) is 4.60. The minimum Gasteiger partial charge on any atom is -0.363 e. The Hall–Kier alpha value is -1.40. The van der Waals surface area contributed by atoms with Crippen molar-refractivity contribution in [1.29, 1.82) is 0 Å². The van der Waals surface area contributed by atoms with Gasteiger partial charge < -0.3 is 21.3 Å². The van der Waals surface area contributed by atoms with Crippen LogP contribution in [0.3, 0.4) is 0 Å². The Kier molecular flexibility index (Phi) is 11.1. The molecule has 0 aliphatic heterocycles. The molecule has 0 saturated carbocycles. The molecule has 0 unspecified atom stereocenters. The fraction of sp³-hybridized carbons (Fsp3) is 0.556. The van der Waals surface area contributed by atoms with Crippen LogP contribution in [0.2, 0.25) is 0 Å². The lowest BCUT2D eigenvalue weighted by Gasteiger charge is -2.12. The van der Waals surface area contributed by atoms with E-state index in [4.69, 9.17) is 24.4 Å². The second-order valence-electron chi connectivity index (χ2n) is 5.75. The molecule has 0 radical (unpaired) electrons. The van der Waals surface area contributed by atoms with Crippen molar-refractivity contribution in [3.63, 3.8) is 0 Å². The van der Waals surface area contributed by atoms with Crippen LogP contribution in [-0.4, -0.2) is 23.3 Å². The maximum atomic E-state index is 5.28. The van der Waals surface area contributed by atoms with E-state index in [9.17, 15) is 0 Å². The summed E-state index contributed by atoms with van der Waals surface area (Å²) in [5.41, 5.74) is 2.41. The molecule has 4 N–H and O–H groups in total. The topological polar surface area (TPSA) is 48.1 Å². The van der Waals surface area contributed by atoms with Crippen molar-refractivity contribution < 1.29 is 0 Å². The highest BCUT2D eigenvalue weighted by atomic mass is 32.1. The van der Waals surface area contributed by atoms with E-state index in [1.807, 2.05) is 0 Å². The molecule has 0 aliphatic carbocycles. The van der Waals surface area contributed by atoms with Crippen LogP contribution < -0.4 is 21.3 Å². The maximum absolute atomic E-state index is 5.28. The fourth-order valence-electron chi connectivity index (χ4n) is 2.10. The SMILES string of the molecule is CCCCNC(=S)NCc1cccc(CNC(=S)NCCCC)c1. The van der Waals surface area contributed by atoms with Crippen LogP contribution in [0.25, 0.3) is 0 Å². The van der Waals surface area contributed by atoms with Gasteiger partial charge in [0.15, 0.2) is 10.2 Å². The Morgan fingerprint density at radius 1 is 0.792 bits per heavy atom. The van der Waals surface area contributed by atoms with E-state index in [2.05, 4.69) is 59.4 Å². The van der Waals surface area contributed by atoms with E-state index in [-0.39, 0.29) is 0 Å². The summed E-state index contributed by atoms with van der Waals surface area (Å²) in [6, 6.07) is 8.43.